The van der Waals surface area contributed by atoms with Gasteiger partial charge in [-0.05, 0) is 42.7 Å². The third-order valence-corrected chi connectivity index (χ3v) is 5.98. The van der Waals surface area contributed by atoms with Crippen molar-refractivity contribution in [2.24, 2.45) is 0 Å². The number of H-pyrrole nitrogens is 1. The summed E-state index contributed by atoms with van der Waals surface area (Å²) in [6.45, 7) is 3.44. The zero-order chi connectivity index (χ0) is 20.5. The Bertz CT molecular complexity index is 1090. The standard InChI is InChI=1S/C22H22BrN3O3/c1-13(26-10-9-14-5-3-4-6-15(14)12-26)21(27)25-19-17-11-16(23)7-8-18(17)24-20(19)22(28)29-2/h3-8,11,13,24H,9-10,12H2,1-2H3,(H,25,27). The van der Waals surface area contributed by atoms with Gasteiger partial charge in [0, 0.05) is 28.5 Å². The first kappa shape index (κ1) is 19.7. The summed E-state index contributed by atoms with van der Waals surface area (Å²) >= 11 is 3.45. The van der Waals surface area contributed by atoms with Crippen LogP contribution < -0.4 is 5.32 Å². The van der Waals surface area contributed by atoms with Gasteiger partial charge in [-0.1, -0.05) is 40.2 Å². The Morgan fingerprint density at radius 1 is 1.21 bits per heavy atom. The van der Waals surface area contributed by atoms with Crippen LogP contribution in [0.2, 0.25) is 0 Å². The highest BCUT2D eigenvalue weighted by Crippen LogP contribution is 2.31. The fraction of sp³-hybridized carbons (Fsp3) is 0.273. The molecule has 1 atom stereocenters. The van der Waals surface area contributed by atoms with Gasteiger partial charge in [-0.3, -0.25) is 9.69 Å². The van der Waals surface area contributed by atoms with Gasteiger partial charge in [-0.2, -0.15) is 0 Å². The number of rotatable bonds is 4. The van der Waals surface area contributed by atoms with E-state index in [1.165, 1.54) is 18.2 Å². The minimum absolute atomic E-state index is 0.157. The molecule has 7 heteroatoms. The number of carbonyl (C=O) groups excluding carboxylic acids is 2. The lowest BCUT2D eigenvalue weighted by Gasteiger charge is -2.32. The number of aromatic nitrogens is 1. The number of amides is 1. The van der Waals surface area contributed by atoms with Crippen molar-refractivity contribution >= 4 is 44.4 Å². The van der Waals surface area contributed by atoms with Crippen molar-refractivity contribution in [1.82, 2.24) is 9.88 Å². The number of hydrogen-bond donors (Lipinski definition) is 2. The lowest BCUT2D eigenvalue weighted by molar-refractivity contribution is -0.121. The minimum atomic E-state index is -0.521. The number of anilines is 1. The monoisotopic (exact) mass is 455 g/mol. The van der Waals surface area contributed by atoms with Gasteiger partial charge in [0.25, 0.3) is 0 Å². The largest absolute Gasteiger partial charge is 0.464 e. The first-order valence-corrected chi connectivity index (χ1v) is 10.3. The molecule has 0 fully saturated rings. The molecule has 1 aliphatic heterocycles. The summed E-state index contributed by atoms with van der Waals surface area (Å²) in [4.78, 5) is 30.5. The molecule has 0 saturated carbocycles. The van der Waals surface area contributed by atoms with Crippen LogP contribution in [0, 0.1) is 0 Å². The Hall–Kier alpha value is -2.64. The Labute approximate surface area is 177 Å². The lowest BCUT2D eigenvalue weighted by atomic mass is 9.98. The summed E-state index contributed by atoms with van der Waals surface area (Å²) in [5.41, 5.74) is 4.03. The second kappa shape index (κ2) is 8.00. The van der Waals surface area contributed by atoms with Crippen LogP contribution in [0.4, 0.5) is 5.69 Å². The molecule has 4 rings (SSSR count). The summed E-state index contributed by atoms with van der Waals surface area (Å²) in [5, 5.41) is 3.72. The smallest absolute Gasteiger partial charge is 0.356 e. The van der Waals surface area contributed by atoms with Crippen LogP contribution in [0.3, 0.4) is 0 Å². The quantitative estimate of drug-likeness (QED) is 0.580. The maximum absolute atomic E-state index is 13.1. The number of nitrogens with one attached hydrogen (secondary N) is 2. The molecule has 0 saturated heterocycles. The van der Waals surface area contributed by atoms with Crippen LogP contribution in [0.15, 0.2) is 46.9 Å². The van der Waals surface area contributed by atoms with E-state index in [-0.39, 0.29) is 17.6 Å². The van der Waals surface area contributed by atoms with Crippen LogP contribution in [0.25, 0.3) is 10.9 Å². The number of halogens is 1. The van der Waals surface area contributed by atoms with Crippen LogP contribution in [-0.4, -0.2) is 41.5 Å². The van der Waals surface area contributed by atoms with E-state index < -0.39 is 5.97 Å². The highest BCUT2D eigenvalue weighted by Gasteiger charge is 2.27. The molecule has 1 amide bonds. The Morgan fingerprint density at radius 3 is 2.72 bits per heavy atom. The van der Waals surface area contributed by atoms with Crippen LogP contribution in [0.5, 0.6) is 0 Å². The highest BCUT2D eigenvalue weighted by atomic mass is 79.9. The molecule has 0 aliphatic carbocycles. The Kier molecular flexibility index (Phi) is 5.43. The predicted octanol–water partition coefficient (Wildman–Crippen LogP) is 4.10. The minimum Gasteiger partial charge on any atom is -0.464 e. The fourth-order valence-electron chi connectivity index (χ4n) is 3.79. The van der Waals surface area contributed by atoms with Gasteiger partial charge in [0.2, 0.25) is 5.91 Å². The van der Waals surface area contributed by atoms with Crippen molar-refractivity contribution in [1.29, 1.82) is 0 Å². The first-order chi connectivity index (χ1) is 14.0. The normalized spacial score (nSPS) is 15.0. The first-order valence-electron chi connectivity index (χ1n) is 9.49. The summed E-state index contributed by atoms with van der Waals surface area (Å²) in [5.74, 6) is -0.678. The number of ether oxygens (including phenoxy) is 1. The molecule has 2 aromatic carbocycles. The predicted molar refractivity (Wildman–Crippen MR) is 116 cm³/mol. The molecular weight excluding hydrogens is 434 g/mol. The molecule has 6 nitrogen and oxygen atoms in total. The maximum Gasteiger partial charge on any atom is 0.356 e. The number of carbonyl (C=O) groups is 2. The van der Waals surface area contributed by atoms with Crippen LogP contribution in [0.1, 0.15) is 28.5 Å². The van der Waals surface area contributed by atoms with Gasteiger partial charge in [-0.15, -0.1) is 0 Å². The second-order valence-electron chi connectivity index (χ2n) is 7.21. The molecule has 0 bridgehead atoms. The second-order valence-corrected chi connectivity index (χ2v) is 8.13. The molecule has 150 valence electrons. The van der Waals surface area contributed by atoms with Gasteiger partial charge in [0.1, 0.15) is 5.69 Å². The van der Waals surface area contributed by atoms with Crippen molar-refractivity contribution in [2.75, 3.05) is 19.0 Å². The average molecular weight is 456 g/mol. The zero-order valence-electron chi connectivity index (χ0n) is 16.3. The molecule has 3 aromatic rings. The number of benzene rings is 2. The molecule has 2 N–H and O–H groups in total. The molecule has 2 heterocycles. The van der Waals surface area contributed by atoms with Crippen molar-refractivity contribution in [3.63, 3.8) is 0 Å². The number of nitrogens with zero attached hydrogens (tertiary/aromatic N) is 1. The molecule has 1 aliphatic rings. The third kappa shape index (κ3) is 3.80. The van der Waals surface area contributed by atoms with Crippen LogP contribution in [-0.2, 0) is 22.5 Å². The van der Waals surface area contributed by atoms with Gasteiger partial charge < -0.3 is 15.0 Å². The molecule has 29 heavy (non-hydrogen) atoms. The average Bonchev–Trinajstić information content (AvgIpc) is 3.09. The van der Waals surface area contributed by atoms with Crippen LogP contribution >= 0.6 is 15.9 Å². The van der Waals surface area contributed by atoms with Gasteiger partial charge in [0.05, 0.1) is 18.8 Å². The summed E-state index contributed by atoms with van der Waals surface area (Å²) in [6.07, 6.45) is 0.918. The van der Waals surface area contributed by atoms with Gasteiger partial charge in [0.15, 0.2) is 0 Å². The van der Waals surface area contributed by atoms with Gasteiger partial charge >= 0.3 is 5.97 Å². The van der Waals surface area contributed by atoms with E-state index in [0.717, 1.165) is 34.9 Å². The van der Waals surface area contributed by atoms with E-state index >= 15 is 0 Å². The Balaban J connectivity index is 1.60. The van der Waals surface area contributed by atoms with E-state index in [9.17, 15) is 9.59 Å². The number of hydrogen-bond acceptors (Lipinski definition) is 4. The molecule has 0 radical (unpaired) electrons. The molecule has 1 unspecified atom stereocenters. The zero-order valence-corrected chi connectivity index (χ0v) is 17.9. The summed E-state index contributed by atoms with van der Waals surface area (Å²) in [6, 6.07) is 13.6. The number of aromatic amines is 1. The third-order valence-electron chi connectivity index (χ3n) is 5.49. The molecule has 0 spiro atoms. The fourth-order valence-corrected chi connectivity index (χ4v) is 4.15. The molecule has 1 aromatic heterocycles. The van der Waals surface area contributed by atoms with E-state index in [0.29, 0.717) is 5.69 Å². The Morgan fingerprint density at radius 2 is 1.97 bits per heavy atom. The van der Waals surface area contributed by atoms with Crippen molar-refractivity contribution < 1.29 is 14.3 Å². The van der Waals surface area contributed by atoms with Crippen molar-refractivity contribution in [2.45, 2.75) is 25.9 Å². The van der Waals surface area contributed by atoms with Crippen molar-refractivity contribution in [3.8, 4) is 0 Å². The van der Waals surface area contributed by atoms with Crippen molar-refractivity contribution in [3.05, 3.63) is 63.8 Å². The lowest BCUT2D eigenvalue weighted by Crippen LogP contribution is -2.44. The SMILES string of the molecule is COC(=O)c1[nH]c2ccc(Br)cc2c1NC(=O)C(C)N1CCc2ccccc2C1. The summed E-state index contributed by atoms with van der Waals surface area (Å²) in [7, 11) is 1.32. The summed E-state index contributed by atoms with van der Waals surface area (Å²) < 4.78 is 5.75. The maximum atomic E-state index is 13.1. The number of methoxy groups -OCH3 is 1. The van der Waals surface area contributed by atoms with E-state index in [1.54, 1.807) is 0 Å². The van der Waals surface area contributed by atoms with E-state index in [4.69, 9.17) is 4.74 Å². The number of esters is 1. The topological polar surface area (TPSA) is 74.4 Å². The van der Waals surface area contributed by atoms with E-state index in [1.807, 2.05) is 37.3 Å². The molecular formula is C22H22BrN3O3. The number of fused-ring (bicyclic) bond motifs is 2. The van der Waals surface area contributed by atoms with E-state index in [2.05, 4.69) is 43.3 Å². The van der Waals surface area contributed by atoms with Gasteiger partial charge in [-0.25, -0.2) is 4.79 Å². The highest BCUT2D eigenvalue weighted by molar-refractivity contribution is 9.10.